The highest BCUT2D eigenvalue weighted by Gasteiger charge is 2.02. The average Bonchev–Trinajstić information content (AvgIpc) is 2.16. The molecule has 0 spiro atoms. The summed E-state index contributed by atoms with van der Waals surface area (Å²) in [5.41, 5.74) is 1.80. The number of aromatic nitrogens is 2. The second-order valence-corrected chi connectivity index (χ2v) is 1.95. The maximum Gasteiger partial charge on any atom is 0.330 e. The summed E-state index contributed by atoms with van der Waals surface area (Å²) in [5.74, 6) is -0.978. The Morgan fingerprint density at radius 3 is 3.64 bits per heavy atom. The number of anilines is 1. The molecule has 6 heteroatoms. The normalized spacial score (nSPS) is 11.7. The summed E-state index contributed by atoms with van der Waals surface area (Å²) in [5, 5.41) is 0. The van der Waals surface area contributed by atoms with Gasteiger partial charge in [-0.3, -0.25) is 0 Å². The van der Waals surface area contributed by atoms with Crippen LogP contribution in [-0.4, -0.2) is 16.2 Å². The number of nitrogens with two attached hydrogens (primary N) is 1. The summed E-state index contributed by atoms with van der Waals surface area (Å²) < 4.78 is 30.9. The fourth-order valence-corrected chi connectivity index (χ4v) is 0.630. The molecular weight excluding hydrogens is 169 g/mol. The first-order chi connectivity index (χ1) is 6.27. The highest BCUT2D eigenvalue weighted by atomic mass is 32.2. The van der Waals surface area contributed by atoms with Crippen molar-refractivity contribution in [3.05, 3.63) is 12.0 Å². The molecule has 0 atom stereocenters. The lowest BCUT2D eigenvalue weighted by molar-refractivity contribution is 0.562. The molecule has 60 valence electrons. The molecule has 0 saturated heterocycles. The van der Waals surface area contributed by atoms with Crippen LogP contribution < -0.4 is 9.91 Å². The van der Waals surface area contributed by atoms with Crippen molar-refractivity contribution in [2.75, 3.05) is 12.0 Å². The quantitative estimate of drug-likeness (QED) is 0.697. The number of rotatable bonds is 3. The minimum Gasteiger partial charge on any atom is -0.389 e. The van der Waals surface area contributed by atoms with Gasteiger partial charge in [0.05, 0.1) is 18.2 Å². The predicted molar refractivity (Wildman–Crippen MR) is 40.5 cm³/mol. The highest BCUT2D eigenvalue weighted by Crippen LogP contribution is 2.11. The van der Waals surface area contributed by atoms with Gasteiger partial charge < -0.3 is 9.91 Å². The lowest BCUT2D eigenvalue weighted by Crippen LogP contribution is -1.98. The van der Waals surface area contributed by atoms with Crippen LogP contribution in [0.4, 0.5) is 10.2 Å². The van der Waals surface area contributed by atoms with E-state index in [-0.39, 0.29) is 18.1 Å². The van der Waals surface area contributed by atoms with Gasteiger partial charge in [0.1, 0.15) is 0 Å². The van der Waals surface area contributed by atoms with Crippen LogP contribution >= 0.6 is 12.0 Å². The van der Waals surface area contributed by atoms with Crippen molar-refractivity contribution in [3.8, 4) is 6.01 Å². The van der Waals surface area contributed by atoms with Gasteiger partial charge in [-0.25, -0.2) is 4.39 Å². The van der Waals surface area contributed by atoms with Gasteiger partial charge >= 0.3 is 6.01 Å². The Morgan fingerprint density at radius 1 is 2.00 bits per heavy atom. The third-order valence-electron chi connectivity index (χ3n) is 0.855. The molecule has 0 fully saturated rings. The largest absolute Gasteiger partial charge is 0.389 e. The van der Waals surface area contributed by atoms with Crippen molar-refractivity contribution < 1.29 is 11.4 Å². The number of nitrogen functional groups attached to an aromatic ring is 1. The van der Waals surface area contributed by atoms with E-state index >= 15 is 0 Å². The Morgan fingerprint density at radius 2 is 2.91 bits per heavy atom. The van der Waals surface area contributed by atoms with Crippen molar-refractivity contribution in [2.45, 2.75) is 0 Å². The van der Waals surface area contributed by atoms with E-state index in [1.807, 2.05) is 0 Å². The summed E-state index contributed by atoms with van der Waals surface area (Å²) in [4.78, 5) is 7.01. The van der Waals surface area contributed by atoms with Gasteiger partial charge in [0.15, 0.2) is 13.0 Å². The van der Waals surface area contributed by atoms with Gasteiger partial charge in [-0.2, -0.15) is 9.97 Å². The third-order valence-corrected chi connectivity index (χ3v) is 1.12. The maximum atomic E-state index is 12.7. The topological polar surface area (TPSA) is 61.0 Å². The Labute approximate surface area is 70.1 Å². The molecule has 0 amide bonds. The van der Waals surface area contributed by atoms with Crippen LogP contribution in [0.15, 0.2) is 6.20 Å². The SMILES string of the molecule is [3H]CSOc1ncc(F)c(N[3H])n1. The van der Waals surface area contributed by atoms with Gasteiger partial charge in [-0.15, -0.1) is 0 Å². The summed E-state index contributed by atoms with van der Waals surface area (Å²) >= 11 is 0.816. The van der Waals surface area contributed by atoms with Gasteiger partial charge in [0, 0.05) is 7.60 Å². The molecular formula is C5H6FN3OS. The second-order valence-electron chi connectivity index (χ2n) is 1.55. The number of hydrogen-bond donors (Lipinski definition) is 1. The van der Waals surface area contributed by atoms with Crippen molar-refractivity contribution in [1.82, 2.24) is 9.97 Å². The number of nitrogens with zero attached hydrogens (tertiary/aromatic N) is 2. The Hall–Kier alpha value is -1.04. The van der Waals surface area contributed by atoms with Gasteiger partial charge in [-0.05, 0) is 0 Å². The minimum absolute atomic E-state index is 0.00955. The van der Waals surface area contributed by atoms with Crippen LogP contribution in [0.25, 0.3) is 0 Å². The zero-order valence-corrected chi connectivity index (χ0v) is 6.19. The molecule has 1 heterocycles. The zero-order valence-electron chi connectivity index (χ0n) is 7.37. The second kappa shape index (κ2) is 3.38. The Kier molecular flexibility index (Phi) is 1.72. The molecule has 0 aliphatic heterocycles. The van der Waals surface area contributed by atoms with E-state index in [0.717, 1.165) is 18.2 Å². The maximum absolute atomic E-state index is 12.7. The van der Waals surface area contributed by atoms with Gasteiger partial charge in [0.25, 0.3) is 0 Å². The first-order valence-electron chi connectivity index (χ1n) is 3.77. The van der Waals surface area contributed by atoms with Crippen LogP contribution in [0.5, 0.6) is 6.01 Å². The van der Waals surface area contributed by atoms with E-state index in [4.69, 9.17) is 6.97 Å². The third kappa shape index (κ3) is 1.94. The Bertz CT molecular complexity index is 290. The van der Waals surface area contributed by atoms with Crippen LogP contribution in [0.1, 0.15) is 1.37 Å². The summed E-state index contributed by atoms with van der Waals surface area (Å²) in [7, 11) is 0. The fourth-order valence-electron chi connectivity index (χ4n) is 0.444. The van der Waals surface area contributed by atoms with E-state index in [1.54, 1.807) is 5.73 Å². The smallest absolute Gasteiger partial charge is 0.330 e. The molecule has 0 bridgehead atoms. The van der Waals surface area contributed by atoms with Crippen molar-refractivity contribution >= 4 is 17.9 Å². The fraction of sp³-hybridized carbons (Fsp3) is 0.200. The first-order valence-corrected chi connectivity index (χ1v) is 3.48. The van der Waals surface area contributed by atoms with E-state index < -0.39 is 5.82 Å². The van der Waals surface area contributed by atoms with Crippen LogP contribution in [-0.2, 0) is 0 Å². The van der Waals surface area contributed by atoms with Crippen molar-refractivity contribution in [2.24, 2.45) is 0 Å². The molecule has 0 unspecified atom stereocenters. The highest BCUT2D eigenvalue weighted by molar-refractivity contribution is 7.94. The molecule has 2 N–H and O–H groups in total. The van der Waals surface area contributed by atoms with Crippen LogP contribution in [0.3, 0.4) is 0 Å². The van der Waals surface area contributed by atoms with Crippen LogP contribution in [0, 0.1) is 5.82 Å². The standard InChI is InChI=1S/C5H6FN3OS/c1-11-10-5-8-2-3(6)4(7)9-5/h2H,1H3,(H2,7,8,9)/i1T/hT. The lowest BCUT2D eigenvalue weighted by Gasteiger charge is -1.98. The van der Waals surface area contributed by atoms with Crippen molar-refractivity contribution in [1.29, 1.82) is 0 Å². The molecule has 1 aromatic rings. The number of halogens is 1. The molecule has 4 nitrogen and oxygen atoms in total. The van der Waals surface area contributed by atoms with Gasteiger partial charge in [-0.1, -0.05) is 0 Å². The molecule has 0 aromatic carbocycles. The van der Waals surface area contributed by atoms with E-state index in [0.29, 0.717) is 0 Å². The molecule has 0 aliphatic carbocycles. The molecule has 1 aromatic heterocycles. The zero-order chi connectivity index (χ0) is 9.68. The molecule has 11 heavy (non-hydrogen) atoms. The molecule has 0 saturated carbocycles. The van der Waals surface area contributed by atoms with Gasteiger partial charge in [0.2, 0.25) is 0 Å². The monoisotopic (exact) mass is 179 g/mol. The van der Waals surface area contributed by atoms with Crippen molar-refractivity contribution in [3.63, 3.8) is 0 Å². The first kappa shape index (κ1) is 5.59. The van der Waals surface area contributed by atoms with Crippen LogP contribution in [0.2, 0.25) is 1.41 Å². The van der Waals surface area contributed by atoms with E-state index in [9.17, 15) is 4.39 Å². The minimum atomic E-state index is -0.724. The Balaban J connectivity index is 2.74. The molecule has 0 aliphatic rings. The average molecular weight is 179 g/mol. The summed E-state index contributed by atoms with van der Waals surface area (Å²) in [6.07, 6.45) is 0.883. The lowest BCUT2D eigenvalue weighted by atomic mass is 10.6. The molecule has 1 rings (SSSR count). The van der Waals surface area contributed by atoms with E-state index in [2.05, 4.69) is 9.97 Å². The molecule has 0 radical (unpaired) electrons. The number of hydrogen-bond acceptors (Lipinski definition) is 5. The van der Waals surface area contributed by atoms with E-state index in [1.165, 1.54) is 0 Å². The summed E-state index contributed by atoms with van der Waals surface area (Å²) in [6.45, 7) is 0. The predicted octanol–water partition coefficient (Wildman–Crippen LogP) is 0.855. The summed E-state index contributed by atoms with van der Waals surface area (Å²) in [6, 6.07) is -0.0756.